The van der Waals surface area contributed by atoms with Gasteiger partial charge < -0.3 is 5.11 Å². The van der Waals surface area contributed by atoms with Gasteiger partial charge in [-0.05, 0) is 6.42 Å². The van der Waals surface area contributed by atoms with Gasteiger partial charge in [-0.25, -0.2) is 0 Å². The second-order valence-electron chi connectivity index (χ2n) is 3.46. The predicted octanol–water partition coefficient (Wildman–Crippen LogP) is 4.29. The lowest BCUT2D eigenvalue weighted by Gasteiger charge is -2.10. The lowest BCUT2D eigenvalue weighted by Crippen LogP contribution is -2.13. The van der Waals surface area contributed by atoms with Gasteiger partial charge in [-0.2, -0.15) is 0 Å². The summed E-state index contributed by atoms with van der Waals surface area (Å²) in [5.41, 5.74) is 0. The fraction of sp³-hybridized carbons (Fsp3) is 1.00. The van der Waals surface area contributed by atoms with E-state index in [1.54, 1.807) is 0 Å². The molecule has 80 valence electrons. The Morgan fingerprint density at radius 1 is 1.00 bits per heavy atom. The first-order valence-electron chi connectivity index (χ1n) is 5.14. The predicted molar refractivity (Wildman–Crippen MR) is 75.8 cm³/mol. The summed E-state index contributed by atoms with van der Waals surface area (Å²) in [5, 5.41) is 9.51. The summed E-state index contributed by atoms with van der Waals surface area (Å²) in [6, 6.07) is 0. The van der Waals surface area contributed by atoms with Gasteiger partial charge in [0.1, 0.15) is 0 Å². The smallest absolute Gasteiger partial charge is 0.0884 e. The van der Waals surface area contributed by atoms with Crippen molar-refractivity contribution >= 4 is 45.2 Å². The summed E-state index contributed by atoms with van der Waals surface area (Å²) in [6.07, 6.45) is 8.73. The second-order valence-corrected chi connectivity index (χ2v) is 8.53. The number of hydrogen-bond donors (Lipinski definition) is 1. The minimum Gasteiger partial charge on any atom is -0.391 e. The van der Waals surface area contributed by atoms with Crippen LogP contribution in [0.2, 0.25) is 0 Å². The first-order valence-corrected chi connectivity index (χ1v) is 7.63. The summed E-state index contributed by atoms with van der Waals surface area (Å²) in [6.45, 7) is 2.24. The molecule has 0 saturated carbocycles. The van der Waals surface area contributed by atoms with Crippen LogP contribution in [0.4, 0.5) is 0 Å². The highest BCUT2D eigenvalue weighted by Gasteiger charge is 2.10. The van der Waals surface area contributed by atoms with E-state index in [0.29, 0.717) is 1.93 Å². The third kappa shape index (κ3) is 9.72. The van der Waals surface area contributed by atoms with Crippen LogP contribution in [0, 0.1) is 0 Å². The largest absolute Gasteiger partial charge is 0.391 e. The van der Waals surface area contributed by atoms with E-state index in [1.807, 2.05) is 0 Å². The van der Waals surface area contributed by atoms with Crippen molar-refractivity contribution in [2.24, 2.45) is 0 Å². The highest BCUT2D eigenvalue weighted by Crippen LogP contribution is 2.19. The molecule has 0 saturated heterocycles. The third-order valence-electron chi connectivity index (χ3n) is 2.14. The molecular weight excluding hydrogens is 390 g/mol. The van der Waals surface area contributed by atoms with Crippen LogP contribution < -0.4 is 0 Å². The van der Waals surface area contributed by atoms with Crippen LogP contribution >= 0.6 is 45.2 Å². The van der Waals surface area contributed by atoms with Gasteiger partial charge in [0.25, 0.3) is 0 Å². The number of rotatable bonds is 8. The molecule has 0 aliphatic rings. The maximum absolute atomic E-state index is 9.51. The van der Waals surface area contributed by atoms with Crippen LogP contribution in [0.1, 0.15) is 51.9 Å². The van der Waals surface area contributed by atoms with E-state index in [4.69, 9.17) is 0 Å². The normalized spacial score (nSPS) is 13.6. The van der Waals surface area contributed by atoms with Crippen molar-refractivity contribution in [2.45, 2.75) is 59.9 Å². The summed E-state index contributed by atoms with van der Waals surface area (Å²) in [4.78, 5) is 0. The SMILES string of the molecule is CCCCCCCCC(O)C(I)I. The lowest BCUT2D eigenvalue weighted by molar-refractivity contribution is 0.184. The van der Waals surface area contributed by atoms with Gasteiger partial charge in [-0.15, -0.1) is 0 Å². The van der Waals surface area contributed by atoms with E-state index < -0.39 is 0 Å². The number of aliphatic hydroxyl groups excluding tert-OH is 1. The molecule has 0 fully saturated rings. The summed E-state index contributed by atoms with van der Waals surface area (Å²) >= 11 is 4.56. The number of alkyl halides is 2. The molecule has 0 aliphatic heterocycles. The van der Waals surface area contributed by atoms with Crippen molar-refractivity contribution in [2.75, 3.05) is 0 Å². The zero-order valence-corrected chi connectivity index (χ0v) is 12.6. The number of aliphatic hydroxyl groups is 1. The Balaban J connectivity index is 3.07. The Bertz CT molecular complexity index is 107. The van der Waals surface area contributed by atoms with Crippen molar-refractivity contribution in [3.8, 4) is 0 Å². The van der Waals surface area contributed by atoms with Crippen LogP contribution in [0.15, 0.2) is 0 Å². The zero-order chi connectivity index (χ0) is 10.1. The second kappa shape index (κ2) is 9.96. The van der Waals surface area contributed by atoms with Crippen molar-refractivity contribution in [1.29, 1.82) is 0 Å². The van der Waals surface area contributed by atoms with Crippen LogP contribution in [-0.4, -0.2) is 13.1 Å². The van der Waals surface area contributed by atoms with Crippen LogP contribution in [0.25, 0.3) is 0 Å². The molecule has 3 heteroatoms. The fourth-order valence-electron chi connectivity index (χ4n) is 1.26. The number of unbranched alkanes of at least 4 members (excludes halogenated alkanes) is 5. The molecule has 0 aliphatic carbocycles. The topological polar surface area (TPSA) is 20.2 Å². The molecular formula is C10H20I2O. The molecule has 0 spiro atoms. The molecule has 0 radical (unpaired) electrons. The van der Waals surface area contributed by atoms with Crippen molar-refractivity contribution in [3.63, 3.8) is 0 Å². The van der Waals surface area contributed by atoms with Gasteiger partial charge >= 0.3 is 0 Å². The average molecular weight is 410 g/mol. The van der Waals surface area contributed by atoms with Crippen molar-refractivity contribution < 1.29 is 5.11 Å². The first kappa shape index (κ1) is 14.4. The highest BCUT2D eigenvalue weighted by atomic mass is 127. The molecule has 1 N–H and O–H groups in total. The van der Waals surface area contributed by atoms with Crippen LogP contribution in [0.3, 0.4) is 0 Å². The minimum absolute atomic E-state index is 0.104. The quantitative estimate of drug-likeness (QED) is 0.360. The molecule has 0 heterocycles. The molecule has 0 rings (SSSR count). The van der Waals surface area contributed by atoms with Crippen LogP contribution in [0.5, 0.6) is 0 Å². The molecule has 0 aromatic rings. The Morgan fingerprint density at radius 2 is 1.54 bits per heavy atom. The zero-order valence-electron chi connectivity index (χ0n) is 8.31. The van der Waals surface area contributed by atoms with E-state index in [-0.39, 0.29) is 6.10 Å². The molecule has 0 bridgehead atoms. The fourth-order valence-corrected chi connectivity index (χ4v) is 1.98. The highest BCUT2D eigenvalue weighted by molar-refractivity contribution is 14.2. The van der Waals surface area contributed by atoms with E-state index in [2.05, 4.69) is 52.1 Å². The first-order chi connectivity index (χ1) is 6.18. The molecule has 1 nitrogen and oxygen atoms in total. The summed E-state index contributed by atoms with van der Waals surface area (Å²) < 4.78 is 0.367. The Labute approximate surface area is 109 Å². The molecule has 0 aromatic carbocycles. The standard InChI is InChI=1S/C10H20I2O/c1-2-3-4-5-6-7-8-9(13)10(11)12/h9-10,13H,2-8H2,1H3. The van der Waals surface area contributed by atoms with Gasteiger partial charge in [0.15, 0.2) is 0 Å². The third-order valence-corrected chi connectivity index (χ3v) is 3.80. The molecule has 0 amide bonds. The minimum atomic E-state index is -0.104. The van der Waals surface area contributed by atoms with Crippen molar-refractivity contribution in [1.82, 2.24) is 0 Å². The van der Waals surface area contributed by atoms with Gasteiger partial charge in [-0.3, -0.25) is 0 Å². The van der Waals surface area contributed by atoms with Crippen molar-refractivity contribution in [3.05, 3.63) is 0 Å². The van der Waals surface area contributed by atoms with Gasteiger partial charge in [-0.1, -0.05) is 90.6 Å². The van der Waals surface area contributed by atoms with E-state index >= 15 is 0 Å². The molecule has 13 heavy (non-hydrogen) atoms. The monoisotopic (exact) mass is 410 g/mol. The summed E-state index contributed by atoms with van der Waals surface area (Å²) in [5.74, 6) is 0. The van der Waals surface area contributed by atoms with E-state index in [0.717, 1.165) is 6.42 Å². The average Bonchev–Trinajstić information content (AvgIpc) is 2.10. The number of halogens is 2. The molecule has 0 aromatic heterocycles. The molecule has 1 atom stereocenters. The maximum Gasteiger partial charge on any atom is 0.0884 e. The maximum atomic E-state index is 9.51. The van der Waals surface area contributed by atoms with Gasteiger partial charge in [0.05, 0.1) is 8.04 Å². The van der Waals surface area contributed by atoms with Gasteiger partial charge in [0, 0.05) is 0 Å². The number of hydrogen-bond acceptors (Lipinski definition) is 1. The Morgan fingerprint density at radius 3 is 2.08 bits per heavy atom. The van der Waals surface area contributed by atoms with Gasteiger partial charge in [0.2, 0.25) is 0 Å². The lowest BCUT2D eigenvalue weighted by atomic mass is 10.1. The van der Waals surface area contributed by atoms with E-state index in [1.165, 1.54) is 38.5 Å². The van der Waals surface area contributed by atoms with E-state index in [9.17, 15) is 5.11 Å². The van der Waals surface area contributed by atoms with Crippen LogP contribution in [-0.2, 0) is 0 Å². The molecule has 1 unspecified atom stereocenters. The Hall–Kier alpha value is 1.42. The Kier molecular flexibility index (Phi) is 11.0. The summed E-state index contributed by atoms with van der Waals surface area (Å²) in [7, 11) is 0.